The molecule has 0 bridgehead atoms. The van der Waals surface area contributed by atoms with E-state index >= 15 is 0 Å². The van der Waals surface area contributed by atoms with E-state index in [9.17, 15) is 14.0 Å². The summed E-state index contributed by atoms with van der Waals surface area (Å²) in [5, 5.41) is 3.72. The van der Waals surface area contributed by atoms with Crippen molar-refractivity contribution < 1.29 is 14.0 Å². The molecule has 1 saturated heterocycles. The summed E-state index contributed by atoms with van der Waals surface area (Å²) in [6, 6.07) is 14.6. The molecule has 4 rings (SSSR count). The largest absolute Gasteiger partial charge is 0.352 e. The SMILES string of the molecule is Cc1ccc(-c2nc(C)c(C(=O)N3CCC(C(C)C(=O)NCc4ccccc4F)CC3)s2)cc1. The molecule has 1 aromatic heterocycles. The zero-order chi connectivity index (χ0) is 24.2. The zero-order valence-electron chi connectivity index (χ0n) is 19.8. The number of nitrogens with one attached hydrogen (secondary N) is 1. The fourth-order valence-electron chi connectivity index (χ4n) is 4.36. The second kappa shape index (κ2) is 10.5. The van der Waals surface area contributed by atoms with Gasteiger partial charge in [0.2, 0.25) is 5.91 Å². The molecule has 34 heavy (non-hydrogen) atoms. The predicted molar refractivity (Wildman–Crippen MR) is 133 cm³/mol. The van der Waals surface area contributed by atoms with Crippen LogP contribution in [0.1, 0.15) is 46.3 Å². The van der Waals surface area contributed by atoms with E-state index in [1.165, 1.54) is 23.0 Å². The maximum absolute atomic E-state index is 13.8. The number of carbonyl (C=O) groups is 2. The molecule has 0 aliphatic carbocycles. The molecule has 1 aliphatic rings. The summed E-state index contributed by atoms with van der Waals surface area (Å²) in [5.41, 5.74) is 3.44. The summed E-state index contributed by atoms with van der Waals surface area (Å²) < 4.78 is 13.8. The molecule has 1 unspecified atom stereocenters. The average Bonchev–Trinajstić information content (AvgIpc) is 3.24. The first-order valence-electron chi connectivity index (χ1n) is 11.7. The highest BCUT2D eigenvalue weighted by Gasteiger charge is 2.31. The Hall–Kier alpha value is -3.06. The Morgan fingerprint density at radius 2 is 1.79 bits per heavy atom. The van der Waals surface area contributed by atoms with Crippen molar-refractivity contribution in [2.75, 3.05) is 13.1 Å². The lowest BCUT2D eigenvalue weighted by atomic mass is 9.84. The van der Waals surface area contributed by atoms with Gasteiger partial charge in [-0.3, -0.25) is 9.59 Å². The van der Waals surface area contributed by atoms with Crippen molar-refractivity contribution in [2.24, 2.45) is 11.8 Å². The highest BCUT2D eigenvalue weighted by Crippen LogP contribution is 2.31. The van der Waals surface area contributed by atoms with Gasteiger partial charge in [0, 0.05) is 36.7 Å². The van der Waals surface area contributed by atoms with Crippen molar-refractivity contribution >= 4 is 23.2 Å². The Bertz CT molecular complexity index is 1170. The Kier molecular flexibility index (Phi) is 7.41. The number of rotatable bonds is 6. The molecule has 2 aromatic carbocycles. The number of nitrogens with zero attached hydrogens (tertiary/aromatic N) is 2. The van der Waals surface area contributed by atoms with Crippen LogP contribution < -0.4 is 5.32 Å². The van der Waals surface area contributed by atoms with Crippen LogP contribution in [0.4, 0.5) is 4.39 Å². The number of benzene rings is 2. The molecule has 1 fully saturated rings. The Balaban J connectivity index is 1.32. The number of likely N-dealkylation sites (tertiary alicyclic amines) is 1. The van der Waals surface area contributed by atoms with Gasteiger partial charge in [-0.25, -0.2) is 9.37 Å². The van der Waals surface area contributed by atoms with E-state index < -0.39 is 0 Å². The Morgan fingerprint density at radius 3 is 2.47 bits per heavy atom. The van der Waals surface area contributed by atoms with Crippen LogP contribution in [0.25, 0.3) is 10.6 Å². The minimum Gasteiger partial charge on any atom is -0.352 e. The predicted octanol–water partition coefficient (Wildman–Crippen LogP) is 5.37. The minimum absolute atomic E-state index is 0.0171. The number of piperidine rings is 1. The normalized spacial score (nSPS) is 15.2. The molecule has 1 aliphatic heterocycles. The van der Waals surface area contributed by atoms with Crippen molar-refractivity contribution in [3.05, 3.63) is 76.0 Å². The van der Waals surface area contributed by atoms with Crippen molar-refractivity contribution in [3.8, 4) is 10.6 Å². The second-order valence-corrected chi connectivity index (χ2v) is 10.0. The van der Waals surface area contributed by atoms with Crippen molar-refractivity contribution in [3.63, 3.8) is 0 Å². The Morgan fingerprint density at radius 1 is 1.12 bits per heavy atom. The van der Waals surface area contributed by atoms with Crippen molar-refractivity contribution in [1.82, 2.24) is 15.2 Å². The van der Waals surface area contributed by atoms with E-state index in [1.54, 1.807) is 18.2 Å². The van der Waals surface area contributed by atoms with Crippen LogP contribution in [0, 0.1) is 31.5 Å². The molecule has 3 aromatic rings. The summed E-state index contributed by atoms with van der Waals surface area (Å²) in [5.74, 6) is -0.374. The molecule has 5 nitrogen and oxygen atoms in total. The Labute approximate surface area is 204 Å². The molecule has 1 N–H and O–H groups in total. The first-order chi connectivity index (χ1) is 16.3. The van der Waals surface area contributed by atoms with Gasteiger partial charge in [-0.2, -0.15) is 0 Å². The van der Waals surface area contributed by atoms with Crippen molar-refractivity contribution in [2.45, 2.75) is 40.2 Å². The van der Waals surface area contributed by atoms with Gasteiger partial charge in [-0.15, -0.1) is 11.3 Å². The molecular formula is C27H30FN3O2S. The summed E-state index contributed by atoms with van der Waals surface area (Å²) in [4.78, 5) is 33.0. The quantitative estimate of drug-likeness (QED) is 0.517. The van der Waals surface area contributed by atoms with Gasteiger partial charge in [0.25, 0.3) is 5.91 Å². The number of carbonyl (C=O) groups excluding carboxylic acids is 2. The lowest BCUT2D eigenvalue weighted by Gasteiger charge is -2.34. The number of amides is 2. The lowest BCUT2D eigenvalue weighted by Crippen LogP contribution is -2.42. The standard InChI is InChI=1S/C27H30FN3O2S/c1-17-8-10-21(11-9-17)26-30-19(3)24(34-26)27(33)31-14-12-20(13-15-31)18(2)25(32)29-16-22-6-4-5-7-23(22)28/h4-11,18,20H,12-16H2,1-3H3,(H,29,32). The van der Waals surface area contributed by atoms with E-state index in [4.69, 9.17) is 0 Å². The molecule has 0 saturated carbocycles. The molecule has 0 spiro atoms. The van der Waals surface area contributed by atoms with E-state index in [0.717, 1.165) is 29.1 Å². The number of aromatic nitrogens is 1. The average molecular weight is 480 g/mol. The van der Waals surface area contributed by atoms with E-state index in [1.807, 2.05) is 49.9 Å². The van der Waals surface area contributed by atoms with Crippen LogP contribution >= 0.6 is 11.3 Å². The van der Waals surface area contributed by atoms with Gasteiger partial charge in [0.15, 0.2) is 0 Å². The number of aryl methyl sites for hydroxylation is 2. The van der Waals surface area contributed by atoms with E-state index in [2.05, 4.69) is 10.3 Å². The van der Waals surface area contributed by atoms with Gasteiger partial charge in [0.05, 0.1) is 5.69 Å². The number of hydrogen-bond donors (Lipinski definition) is 1. The van der Waals surface area contributed by atoms with Gasteiger partial charge < -0.3 is 10.2 Å². The van der Waals surface area contributed by atoms with E-state index in [-0.39, 0.29) is 36.0 Å². The lowest BCUT2D eigenvalue weighted by molar-refractivity contribution is -0.126. The molecule has 2 heterocycles. The summed E-state index contributed by atoms with van der Waals surface area (Å²) in [7, 11) is 0. The molecule has 0 radical (unpaired) electrons. The van der Waals surface area contributed by atoms with Crippen LogP contribution in [-0.2, 0) is 11.3 Å². The van der Waals surface area contributed by atoms with Gasteiger partial charge >= 0.3 is 0 Å². The first kappa shape index (κ1) is 24.1. The van der Waals surface area contributed by atoms with E-state index in [0.29, 0.717) is 23.5 Å². The second-order valence-electron chi connectivity index (χ2n) is 9.03. The number of halogens is 1. The van der Waals surface area contributed by atoms with Crippen LogP contribution in [0.3, 0.4) is 0 Å². The zero-order valence-corrected chi connectivity index (χ0v) is 20.6. The maximum atomic E-state index is 13.8. The summed E-state index contributed by atoms with van der Waals surface area (Å²) in [6.45, 7) is 7.26. The number of hydrogen-bond acceptors (Lipinski definition) is 4. The van der Waals surface area contributed by atoms with Gasteiger partial charge in [0.1, 0.15) is 15.7 Å². The molecule has 1 atom stereocenters. The van der Waals surface area contributed by atoms with Gasteiger partial charge in [-0.1, -0.05) is 55.0 Å². The van der Waals surface area contributed by atoms with Crippen LogP contribution in [-0.4, -0.2) is 34.8 Å². The highest BCUT2D eigenvalue weighted by molar-refractivity contribution is 7.17. The van der Waals surface area contributed by atoms with Crippen LogP contribution in [0.5, 0.6) is 0 Å². The topological polar surface area (TPSA) is 62.3 Å². The highest BCUT2D eigenvalue weighted by atomic mass is 32.1. The third-order valence-corrected chi connectivity index (χ3v) is 7.84. The number of thiazole rings is 1. The fraction of sp³-hybridized carbons (Fsp3) is 0.370. The summed E-state index contributed by atoms with van der Waals surface area (Å²) >= 11 is 1.44. The third-order valence-electron chi connectivity index (χ3n) is 6.65. The monoisotopic (exact) mass is 479 g/mol. The molecular weight excluding hydrogens is 449 g/mol. The molecule has 7 heteroatoms. The molecule has 178 valence electrons. The third kappa shape index (κ3) is 5.36. The summed E-state index contributed by atoms with van der Waals surface area (Å²) in [6.07, 6.45) is 1.53. The van der Waals surface area contributed by atoms with Crippen LogP contribution in [0.2, 0.25) is 0 Å². The smallest absolute Gasteiger partial charge is 0.265 e. The minimum atomic E-state index is -0.314. The fourth-order valence-corrected chi connectivity index (χ4v) is 5.40. The first-order valence-corrected chi connectivity index (χ1v) is 12.5. The van der Waals surface area contributed by atoms with Crippen molar-refractivity contribution in [1.29, 1.82) is 0 Å². The van der Waals surface area contributed by atoms with Crippen LogP contribution in [0.15, 0.2) is 48.5 Å². The molecule has 2 amide bonds. The maximum Gasteiger partial charge on any atom is 0.265 e. The van der Waals surface area contributed by atoms with Gasteiger partial charge in [-0.05, 0) is 38.7 Å².